The molecule has 0 saturated heterocycles. The van der Waals surface area contributed by atoms with Crippen molar-refractivity contribution >= 4 is 34.7 Å². The minimum atomic E-state index is -0.0121. The van der Waals surface area contributed by atoms with Crippen LogP contribution in [0.25, 0.3) is 5.57 Å². The number of hydrogen-bond donors (Lipinski definition) is 0. The van der Waals surface area contributed by atoms with Crippen molar-refractivity contribution in [2.24, 2.45) is 0 Å². The number of nitrogens with zero attached hydrogens (tertiary/aromatic N) is 1. The third-order valence-corrected chi connectivity index (χ3v) is 4.55. The van der Waals surface area contributed by atoms with Gasteiger partial charge in [0, 0.05) is 18.7 Å². The molecule has 4 heteroatoms. The molecule has 1 amide bonds. The molecule has 2 aromatic carbocycles. The van der Waals surface area contributed by atoms with Crippen molar-refractivity contribution in [3.63, 3.8) is 0 Å². The van der Waals surface area contributed by atoms with Gasteiger partial charge in [0.05, 0.1) is 10.0 Å². The second kappa shape index (κ2) is 6.55. The van der Waals surface area contributed by atoms with Gasteiger partial charge in [0.1, 0.15) is 0 Å². The van der Waals surface area contributed by atoms with Crippen LogP contribution in [0, 0.1) is 0 Å². The van der Waals surface area contributed by atoms with E-state index in [9.17, 15) is 4.79 Å². The summed E-state index contributed by atoms with van der Waals surface area (Å²) in [5.41, 5.74) is 3.09. The minimum absolute atomic E-state index is 0.0121. The SMILES string of the molecule is O=C(c1ccc(Cl)c(Cl)c1)N1CC=C(c2ccccc2)CC1. The van der Waals surface area contributed by atoms with Crippen molar-refractivity contribution in [2.45, 2.75) is 6.42 Å². The highest BCUT2D eigenvalue weighted by atomic mass is 35.5. The van der Waals surface area contributed by atoms with E-state index in [2.05, 4.69) is 18.2 Å². The summed E-state index contributed by atoms with van der Waals surface area (Å²) in [7, 11) is 0. The van der Waals surface area contributed by atoms with Crippen LogP contribution < -0.4 is 0 Å². The van der Waals surface area contributed by atoms with Crippen LogP contribution >= 0.6 is 23.2 Å². The summed E-state index contributed by atoms with van der Waals surface area (Å²) in [6.45, 7) is 1.32. The third kappa shape index (κ3) is 3.18. The lowest BCUT2D eigenvalue weighted by Gasteiger charge is -2.27. The summed E-state index contributed by atoms with van der Waals surface area (Å²) >= 11 is 11.9. The van der Waals surface area contributed by atoms with E-state index in [0.717, 1.165) is 6.42 Å². The Labute approximate surface area is 140 Å². The Bertz CT molecular complexity index is 725. The van der Waals surface area contributed by atoms with Crippen LogP contribution in [0.1, 0.15) is 22.3 Å². The predicted octanol–water partition coefficient (Wildman–Crippen LogP) is 4.92. The number of amides is 1. The van der Waals surface area contributed by atoms with E-state index in [-0.39, 0.29) is 5.91 Å². The molecule has 2 aromatic rings. The van der Waals surface area contributed by atoms with E-state index in [0.29, 0.717) is 28.7 Å². The lowest BCUT2D eigenvalue weighted by atomic mass is 9.99. The maximum Gasteiger partial charge on any atom is 0.254 e. The molecule has 1 aliphatic rings. The molecule has 2 nitrogen and oxygen atoms in total. The Morgan fingerprint density at radius 1 is 1.00 bits per heavy atom. The number of halogens is 2. The van der Waals surface area contributed by atoms with Crippen molar-refractivity contribution in [3.05, 3.63) is 75.8 Å². The number of rotatable bonds is 2. The monoisotopic (exact) mass is 331 g/mol. The zero-order valence-corrected chi connectivity index (χ0v) is 13.4. The largest absolute Gasteiger partial charge is 0.335 e. The molecule has 3 rings (SSSR count). The summed E-state index contributed by atoms with van der Waals surface area (Å²) in [5, 5.41) is 0.869. The molecule has 0 unspecified atom stereocenters. The smallest absolute Gasteiger partial charge is 0.254 e. The Morgan fingerprint density at radius 2 is 1.77 bits per heavy atom. The lowest BCUT2D eigenvalue weighted by molar-refractivity contribution is 0.0773. The second-order valence-corrected chi connectivity index (χ2v) is 6.04. The van der Waals surface area contributed by atoms with E-state index in [1.807, 2.05) is 23.1 Å². The van der Waals surface area contributed by atoms with Gasteiger partial charge in [-0.1, -0.05) is 59.6 Å². The minimum Gasteiger partial charge on any atom is -0.335 e. The highest BCUT2D eigenvalue weighted by molar-refractivity contribution is 6.42. The molecule has 1 aliphatic heterocycles. The molecule has 0 fully saturated rings. The first-order chi connectivity index (χ1) is 10.6. The number of benzene rings is 2. The van der Waals surface area contributed by atoms with Crippen LogP contribution in [0.2, 0.25) is 10.0 Å². The molecule has 0 aliphatic carbocycles. The molecule has 0 radical (unpaired) electrons. The molecule has 1 heterocycles. The zero-order valence-electron chi connectivity index (χ0n) is 11.9. The van der Waals surface area contributed by atoms with Gasteiger partial charge in [0.2, 0.25) is 0 Å². The van der Waals surface area contributed by atoms with Gasteiger partial charge in [-0.3, -0.25) is 4.79 Å². The Balaban J connectivity index is 1.74. The van der Waals surface area contributed by atoms with Crippen molar-refractivity contribution in [1.82, 2.24) is 4.90 Å². The summed E-state index contributed by atoms with van der Waals surface area (Å²) < 4.78 is 0. The molecule has 0 atom stereocenters. The zero-order chi connectivity index (χ0) is 15.5. The van der Waals surface area contributed by atoms with E-state index < -0.39 is 0 Å². The van der Waals surface area contributed by atoms with Crippen molar-refractivity contribution in [1.29, 1.82) is 0 Å². The summed E-state index contributed by atoms with van der Waals surface area (Å²) in [4.78, 5) is 14.3. The van der Waals surface area contributed by atoms with Crippen molar-refractivity contribution < 1.29 is 4.79 Å². The predicted molar refractivity (Wildman–Crippen MR) is 91.4 cm³/mol. The van der Waals surface area contributed by atoms with Gasteiger partial charge in [0.15, 0.2) is 0 Å². The van der Waals surface area contributed by atoms with Crippen LogP contribution in [0.3, 0.4) is 0 Å². The van der Waals surface area contributed by atoms with Gasteiger partial charge in [-0.2, -0.15) is 0 Å². The van der Waals surface area contributed by atoms with Crippen LogP contribution in [0.5, 0.6) is 0 Å². The maximum atomic E-state index is 12.5. The fourth-order valence-electron chi connectivity index (χ4n) is 2.58. The molecule has 22 heavy (non-hydrogen) atoms. The van der Waals surface area contributed by atoms with E-state index in [1.165, 1.54) is 11.1 Å². The molecule has 0 saturated carbocycles. The number of carbonyl (C=O) groups excluding carboxylic acids is 1. The first-order valence-electron chi connectivity index (χ1n) is 7.14. The Morgan fingerprint density at radius 3 is 2.41 bits per heavy atom. The van der Waals surface area contributed by atoms with Crippen LogP contribution in [0.4, 0.5) is 0 Å². The van der Waals surface area contributed by atoms with Crippen molar-refractivity contribution in [2.75, 3.05) is 13.1 Å². The fourth-order valence-corrected chi connectivity index (χ4v) is 2.88. The number of carbonyl (C=O) groups is 1. The van der Waals surface area contributed by atoms with Crippen LogP contribution in [-0.4, -0.2) is 23.9 Å². The molecule has 0 bridgehead atoms. The van der Waals surface area contributed by atoms with Gasteiger partial charge in [0.25, 0.3) is 5.91 Å². The second-order valence-electron chi connectivity index (χ2n) is 5.23. The molecule has 0 N–H and O–H groups in total. The van der Waals surface area contributed by atoms with E-state index >= 15 is 0 Å². The van der Waals surface area contributed by atoms with Crippen LogP contribution in [0.15, 0.2) is 54.6 Å². The average molecular weight is 332 g/mol. The summed E-state index contributed by atoms with van der Waals surface area (Å²) in [6.07, 6.45) is 2.98. The lowest BCUT2D eigenvalue weighted by Crippen LogP contribution is -2.34. The topological polar surface area (TPSA) is 20.3 Å². The molecule has 0 spiro atoms. The quantitative estimate of drug-likeness (QED) is 0.764. The fraction of sp³-hybridized carbons (Fsp3) is 0.167. The summed E-state index contributed by atoms with van der Waals surface area (Å²) in [6, 6.07) is 15.3. The summed E-state index contributed by atoms with van der Waals surface area (Å²) in [5.74, 6) is -0.0121. The van der Waals surface area contributed by atoms with Gasteiger partial charge >= 0.3 is 0 Å². The van der Waals surface area contributed by atoms with Crippen molar-refractivity contribution in [3.8, 4) is 0 Å². The molecular weight excluding hydrogens is 317 g/mol. The first kappa shape index (κ1) is 15.1. The first-order valence-corrected chi connectivity index (χ1v) is 7.89. The van der Waals surface area contributed by atoms with Gasteiger partial charge in [-0.25, -0.2) is 0 Å². The van der Waals surface area contributed by atoms with Crippen LogP contribution in [-0.2, 0) is 0 Å². The van der Waals surface area contributed by atoms with E-state index in [4.69, 9.17) is 23.2 Å². The highest BCUT2D eigenvalue weighted by Gasteiger charge is 2.19. The van der Waals surface area contributed by atoms with Gasteiger partial charge in [-0.05, 0) is 35.8 Å². The highest BCUT2D eigenvalue weighted by Crippen LogP contribution is 2.25. The standard InChI is InChI=1S/C18H15Cl2NO/c19-16-7-6-15(12-17(16)20)18(22)21-10-8-14(9-11-21)13-4-2-1-3-5-13/h1-8,12H,9-11H2. The van der Waals surface area contributed by atoms with Gasteiger partial charge in [-0.15, -0.1) is 0 Å². The third-order valence-electron chi connectivity index (χ3n) is 3.81. The molecule has 112 valence electrons. The Kier molecular flexibility index (Phi) is 4.51. The van der Waals surface area contributed by atoms with E-state index in [1.54, 1.807) is 18.2 Å². The maximum absolute atomic E-state index is 12.5. The average Bonchev–Trinajstić information content (AvgIpc) is 2.58. The van der Waals surface area contributed by atoms with Gasteiger partial charge < -0.3 is 4.90 Å². The number of hydrogen-bond acceptors (Lipinski definition) is 1. The Hall–Kier alpha value is -1.77. The molecule has 0 aromatic heterocycles. The normalized spacial score (nSPS) is 14.6. The molecular formula is C18H15Cl2NO.